The molecule has 0 atom stereocenters. The van der Waals surface area contributed by atoms with Crippen LogP contribution in [-0.4, -0.2) is 0 Å². The van der Waals surface area contributed by atoms with Gasteiger partial charge in [0.2, 0.25) is 0 Å². The van der Waals surface area contributed by atoms with E-state index in [4.69, 9.17) is 4.42 Å². The fraction of sp³-hybridized carbons (Fsp3) is 0. The lowest BCUT2D eigenvalue weighted by Crippen LogP contribution is -1.92. The average Bonchev–Trinajstić information content (AvgIpc) is 3.56. The molecule has 1 aromatic heterocycles. The lowest BCUT2D eigenvalue weighted by molar-refractivity contribution is 0.669. The van der Waals surface area contributed by atoms with E-state index in [0.29, 0.717) is 0 Å². The van der Waals surface area contributed by atoms with Crippen LogP contribution in [0.25, 0.3) is 109 Å². The molecule has 1 heteroatoms. The smallest absolute Gasteiger partial charge is 0.136 e. The van der Waals surface area contributed by atoms with Crippen molar-refractivity contribution in [2.75, 3.05) is 0 Å². The van der Waals surface area contributed by atoms with E-state index in [0.717, 1.165) is 11.2 Å². The monoisotopic (exact) mass is 620 g/mol. The van der Waals surface area contributed by atoms with Gasteiger partial charge in [-0.25, -0.2) is 0 Å². The summed E-state index contributed by atoms with van der Waals surface area (Å²) in [7, 11) is 0. The summed E-state index contributed by atoms with van der Waals surface area (Å²) in [4.78, 5) is 0. The summed E-state index contributed by atoms with van der Waals surface area (Å²) in [6.45, 7) is 0. The summed E-state index contributed by atoms with van der Waals surface area (Å²) in [5.74, 6) is 0. The Balaban J connectivity index is 1.22. The molecule has 49 heavy (non-hydrogen) atoms. The molecule has 10 aromatic carbocycles. The first kappa shape index (κ1) is 26.6. The zero-order chi connectivity index (χ0) is 32.1. The molecule has 0 saturated carbocycles. The van der Waals surface area contributed by atoms with E-state index in [2.05, 4.69) is 170 Å². The molecular formula is C48H28O. The highest BCUT2D eigenvalue weighted by molar-refractivity contribution is 6.30. The minimum Gasteiger partial charge on any atom is -0.456 e. The number of furan rings is 1. The van der Waals surface area contributed by atoms with Gasteiger partial charge in [-0.15, -0.1) is 0 Å². The molecule has 0 saturated heterocycles. The van der Waals surface area contributed by atoms with Crippen LogP contribution in [-0.2, 0) is 0 Å². The molecule has 0 unspecified atom stereocenters. The largest absolute Gasteiger partial charge is 0.456 e. The molecule has 0 spiro atoms. The molecule has 0 amide bonds. The molecule has 1 nitrogen and oxygen atoms in total. The highest BCUT2D eigenvalue weighted by atomic mass is 16.3. The van der Waals surface area contributed by atoms with Crippen molar-refractivity contribution in [3.05, 3.63) is 170 Å². The fourth-order valence-corrected chi connectivity index (χ4v) is 8.55. The second kappa shape index (κ2) is 10.0. The predicted octanol–water partition coefficient (Wildman–Crippen LogP) is 13.8. The zero-order valence-electron chi connectivity index (χ0n) is 26.6. The maximum absolute atomic E-state index is 6.35. The van der Waals surface area contributed by atoms with Crippen molar-refractivity contribution in [2.24, 2.45) is 0 Å². The van der Waals surface area contributed by atoms with Gasteiger partial charge in [-0.3, -0.25) is 0 Å². The van der Waals surface area contributed by atoms with Crippen molar-refractivity contribution in [3.8, 4) is 33.4 Å². The number of rotatable bonds is 3. The van der Waals surface area contributed by atoms with Crippen molar-refractivity contribution < 1.29 is 4.42 Å². The Morgan fingerprint density at radius 2 is 0.837 bits per heavy atom. The topological polar surface area (TPSA) is 13.1 Å². The molecule has 0 aliphatic heterocycles. The Hall–Kier alpha value is -6.44. The Labute approximate surface area is 282 Å². The van der Waals surface area contributed by atoms with Gasteiger partial charge in [-0.05, 0) is 112 Å². The van der Waals surface area contributed by atoms with Gasteiger partial charge in [-0.1, -0.05) is 146 Å². The van der Waals surface area contributed by atoms with Crippen LogP contribution in [0.5, 0.6) is 0 Å². The van der Waals surface area contributed by atoms with Gasteiger partial charge in [-0.2, -0.15) is 0 Å². The molecule has 0 fully saturated rings. The minimum absolute atomic E-state index is 0.939. The van der Waals surface area contributed by atoms with E-state index < -0.39 is 0 Å². The number of hydrogen-bond acceptors (Lipinski definition) is 1. The Morgan fingerprint density at radius 1 is 0.286 bits per heavy atom. The fourth-order valence-electron chi connectivity index (χ4n) is 8.55. The standard InChI is InChI=1S/C48H28O/c1-2-16-34-29(11-1)25-26-30-12-8-21-35(44(30)34)31-13-7-14-32(27-31)45-36-17-3-5-19-38(36)47(39-20-6-4-18-37(39)45)41-28-33-15-9-23-42-46(33)48-40(41)22-10-24-43(48)49-42/h1-28H. The SMILES string of the molecule is c1cc(-c2c3ccccc3c(-c3cc4cccc5oc6cccc3c6c45)c3ccccc23)cc(-c2cccc3ccc4ccccc4c23)c1. The van der Waals surface area contributed by atoms with Gasteiger partial charge in [0, 0.05) is 10.8 Å². The zero-order valence-corrected chi connectivity index (χ0v) is 26.6. The Kier molecular flexibility index (Phi) is 5.45. The number of benzene rings is 10. The van der Waals surface area contributed by atoms with Gasteiger partial charge >= 0.3 is 0 Å². The van der Waals surface area contributed by atoms with E-state index >= 15 is 0 Å². The summed E-state index contributed by atoms with van der Waals surface area (Å²) in [6.07, 6.45) is 0. The van der Waals surface area contributed by atoms with Crippen molar-refractivity contribution in [1.29, 1.82) is 0 Å². The van der Waals surface area contributed by atoms with E-state index in [9.17, 15) is 0 Å². The van der Waals surface area contributed by atoms with E-state index in [1.807, 2.05) is 0 Å². The summed E-state index contributed by atoms with van der Waals surface area (Å²) in [6, 6.07) is 62.2. The summed E-state index contributed by atoms with van der Waals surface area (Å²) < 4.78 is 6.35. The van der Waals surface area contributed by atoms with E-state index in [1.165, 1.54) is 98.0 Å². The molecule has 11 rings (SSSR count). The summed E-state index contributed by atoms with van der Waals surface area (Å²) >= 11 is 0. The molecule has 0 aliphatic rings. The number of fused-ring (bicyclic) bond motifs is 5. The van der Waals surface area contributed by atoms with Gasteiger partial charge < -0.3 is 4.42 Å². The maximum Gasteiger partial charge on any atom is 0.136 e. The van der Waals surface area contributed by atoms with Crippen LogP contribution >= 0.6 is 0 Å². The summed E-state index contributed by atoms with van der Waals surface area (Å²) in [5, 5.41) is 15.0. The average molecular weight is 621 g/mol. The molecule has 11 aromatic rings. The van der Waals surface area contributed by atoms with Crippen LogP contribution in [0.1, 0.15) is 0 Å². The third kappa shape index (κ3) is 3.76. The van der Waals surface area contributed by atoms with E-state index in [-0.39, 0.29) is 0 Å². The van der Waals surface area contributed by atoms with Crippen LogP contribution in [0.15, 0.2) is 174 Å². The Bertz CT molecular complexity index is 3050. The highest BCUT2D eigenvalue weighted by Gasteiger charge is 2.22. The van der Waals surface area contributed by atoms with Gasteiger partial charge in [0.15, 0.2) is 0 Å². The summed E-state index contributed by atoms with van der Waals surface area (Å²) in [5.41, 5.74) is 9.35. The first-order valence-corrected chi connectivity index (χ1v) is 16.9. The van der Waals surface area contributed by atoms with Crippen molar-refractivity contribution in [2.45, 2.75) is 0 Å². The maximum atomic E-state index is 6.35. The van der Waals surface area contributed by atoms with Crippen LogP contribution < -0.4 is 0 Å². The third-order valence-corrected chi connectivity index (χ3v) is 10.6. The van der Waals surface area contributed by atoms with Crippen LogP contribution in [0.3, 0.4) is 0 Å². The highest BCUT2D eigenvalue weighted by Crippen LogP contribution is 2.49. The Morgan fingerprint density at radius 3 is 1.63 bits per heavy atom. The molecule has 226 valence electrons. The van der Waals surface area contributed by atoms with Crippen LogP contribution in [0, 0.1) is 0 Å². The van der Waals surface area contributed by atoms with Crippen molar-refractivity contribution in [3.63, 3.8) is 0 Å². The normalized spacial score (nSPS) is 12.1. The molecule has 0 radical (unpaired) electrons. The molecular weight excluding hydrogens is 593 g/mol. The van der Waals surface area contributed by atoms with Gasteiger partial charge in [0.1, 0.15) is 11.2 Å². The van der Waals surface area contributed by atoms with Crippen LogP contribution in [0.2, 0.25) is 0 Å². The molecule has 0 aliphatic carbocycles. The van der Waals surface area contributed by atoms with Crippen molar-refractivity contribution in [1.82, 2.24) is 0 Å². The number of hydrogen-bond donors (Lipinski definition) is 0. The van der Waals surface area contributed by atoms with Crippen molar-refractivity contribution >= 4 is 75.8 Å². The first-order valence-electron chi connectivity index (χ1n) is 16.9. The second-order valence-electron chi connectivity index (χ2n) is 13.2. The lowest BCUT2D eigenvalue weighted by Gasteiger charge is -2.19. The molecule has 1 heterocycles. The van der Waals surface area contributed by atoms with Gasteiger partial charge in [0.25, 0.3) is 0 Å². The lowest BCUT2D eigenvalue weighted by atomic mass is 9.83. The second-order valence-corrected chi connectivity index (χ2v) is 13.2. The minimum atomic E-state index is 0.939. The third-order valence-electron chi connectivity index (χ3n) is 10.6. The van der Waals surface area contributed by atoms with Gasteiger partial charge in [0.05, 0.1) is 0 Å². The first-order chi connectivity index (χ1) is 24.3. The van der Waals surface area contributed by atoms with E-state index in [1.54, 1.807) is 0 Å². The molecule has 0 N–H and O–H groups in total. The molecule has 0 bridgehead atoms. The van der Waals surface area contributed by atoms with Crippen LogP contribution in [0.4, 0.5) is 0 Å². The quantitative estimate of drug-likeness (QED) is 0.141. The predicted molar refractivity (Wildman–Crippen MR) is 209 cm³/mol.